The normalized spacial score (nSPS) is 11.3. The van der Waals surface area contributed by atoms with Crippen molar-refractivity contribution in [3.05, 3.63) is 72.6 Å². The van der Waals surface area contributed by atoms with Crippen LogP contribution in [0.15, 0.2) is 61.2 Å². The van der Waals surface area contributed by atoms with Gasteiger partial charge >= 0.3 is 0 Å². The summed E-state index contributed by atoms with van der Waals surface area (Å²) in [5, 5.41) is 9.22. The highest BCUT2D eigenvalue weighted by molar-refractivity contribution is 5.83. The van der Waals surface area contributed by atoms with Crippen LogP contribution in [0.4, 0.5) is 15.9 Å². The third-order valence-electron chi connectivity index (χ3n) is 5.31. The summed E-state index contributed by atoms with van der Waals surface area (Å²) in [6.07, 6.45) is 7.47. The summed E-state index contributed by atoms with van der Waals surface area (Å²) in [6.45, 7) is 0.707. The van der Waals surface area contributed by atoms with E-state index in [-0.39, 0.29) is 0 Å². The van der Waals surface area contributed by atoms with Crippen molar-refractivity contribution in [2.24, 2.45) is 0 Å². The SMILES string of the molecule is CN(C)c1cnn2c(NCCc3c[nH]c4ccccc34)cc(-c3cncc(F)c3)nc12. The zero-order valence-electron chi connectivity index (χ0n) is 17.3. The van der Waals surface area contributed by atoms with Crippen LogP contribution >= 0.6 is 0 Å². The van der Waals surface area contributed by atoms with E-state index in [1.165, 1.54) is 23.2 Å². The van der Waals surface area contributed by atoms with Crippen LogP contribution < -0.4 is 10.2 Å². The van der Waals surface area contributed by atoms with Gasteiger partial charge in [0.25, 0.3) is 0 Å². The molecule has 0 saturated heterocycles. The molecule has 0 aliphatic rings. The molecule has 4 aromatic heterocycles. The number of anilines is 2. The van der Waals surface area contributed by atoms with E-state index < -0.39 is 5.82 Å². The summed E-state index contributed by atoms with van der Waals surface area (Å²) >= 11 is 0. The largest absolute Gasteiger partial charge is 0.373 e. The van der Waals surface area contributed by atoms with Crippen LogP contribution in [0, 0.1) is 5.82 Å². The van der Waals surface area contributed by atoms with Gasteiger partial charge in [0.1, 0.15) is 17.3 Å². The lowest BCUT2D eigenvalue weighted by molar-refractivity contribution is 0.622. The van der Waals surface area contributed by atoms with Crippen LogP contribution in [0.1, 0.15) is 5.56 Å². The maximum Gasteiger partial charge on any atom is 0.181 e. The average Bonchev–Trinajstić information content (AvgIpc) is 3.38. The molecule has 0 aliphatic heterocycles. The van der Waals surface area contributed by atoms with E-state index in [9.17, 15) is 4.39 Å². The van der Waals surface area contributed by atoms with Gasteiger partial charge in [0.15, 0.2) is 5.65 Å². The molecular formula is C23H22FN7. The number of hydrogen-bond acceptors (Lipinski definition) is 5. The number of benzene rings is 1. The number of nitrogens with one attached hydrogen (secondary N) is 2. The van der Waals surface area contributed by atoms with Crippen molar-refractivity contribution < 1.29 is 4.39 Å². The number of pyridine rings is 1. The highest BCUT2D eigenvalue weighted by Crippen LogP contribution is 2.27. The molecule has 0 fully saturated rings. The molecule has 0 bridgehead atoms. The fourth-order valence-electron chi connectivity index (χ4n) is 3.76. The maximum atomic E-state index is 13.8. The molecule has 4 heterocycles. The quantitative estimate of drug-likeness (QED) is 0.436. The zero-order chi connectivity index (χ0) is 21.4. The van der Waals surface area contributed by atoms with Crippen LogP contribution in [-0.4, -0.2) is 45.2 Å². The molecular weight excluding hydrogens is 393 g/mol. The fraction of sp³-hybridized carbons (Fsp3) is 0.174. The third-order valence-corrected chi connectivity index (χ3v) is 5.31. The van der Waals surface area contributed by atoms with Gasteiger partial charge in [0, 0.05) is 55.6 Å². The van der Waals surface area contributed by atoms with Crippen molar-refractivity contribution in [1.29, 1.82) is 0 Å². The van der Waals surface area contributed by atoms with Crippen molar-refractivity contribution >= 4 is 28.1 Å². The minimum Gasteiger partial charge on any atom is -0.373 e. The van der Waals surface area contributed by atoms with E-state index in [1.807, 2.05) is 37.2 Å². The van der Waals surface area contributed by atoms with E-state index in [1.54, 1.807) is 16.9 Å². The van der Waals surface area contributed by atoms with Crippen molar-refractivity contribution in [2.45, 2.75) is 6.42 Å². The van der Waals surface area contributed by atoms with Crippen LogP contribution in [0.2, 0.25) is 0 Å². The molecule has 0 radical (unpaired) electrons. The van der Waals surface area contributed by atoms with Gasteiger partial charge in [-0.05, 0) is 24.1 Å². The van der Waals surface area contributed by atoms with Gasteiger partial charge in [-0.1, -0.05) is 18.2 Å². The molecule has 31 heavy (non-hydrogen) atoms. The van der Waals surface area contributed by atoms with Gasteiger partial charge in [-0.3, -0.25) is 4.98 Å². The predicted octanol–water partition coefficient (Wildman–Crippen LogP) is 4.13. The van der Waals surface area contributed by atoms with E-state index in [0.29, 0.717) is 23.4 Å². The van der Waals surface area contributed by atoms with Gasteiger partial charge in [-0.15, -0.1) is 0 Å². The predicted molar refractivity (Wildman–Crippen MR) is 121 cm³/mol. The Labute approximate surface area is 178 Å². The Balaban J connectivity index is 1.49. The molecule has 0 saturated carbocycles. The summed E-state index contributed by atoms with van der Waals surface area (Å²) in [5.41, 5.74) is 5.21. The average molecular weight is 415 g/mol. The Morgan fingerprint density at radius 3 is 2.84 bits per heavy atom. The van der Waals surface area contributed by atoms with Crippen LogP contribution in [0.25, 0.3) is 27.8 Å². The fourth-order valence-corrected chi connectivity index (χ4v) is 3.76. The van der Waals surface area contributed by atoms with Gasteiger partial charge in [0.05, 0.1) is 18.1 Å². The highest BCUT2D eigenvalue weighted by atomic mass is 19.1. The van der Waals surface area contributed by atoms with Gasteiger partial charge in [-0.2, -0.15) is 9.61 Å². The van der Waals surface area contributed by atoms with Crippen molar-refractivity contribution in [1.82, 2.24) is 24.6 Å². The van der Waals surface area contributed by atoms with E-state index in [0.717, 1.165) is 23.4 Å². The molecule has 0 aliphatic carbocycles. The van der Waals surface area contributed by atoms with Crippen LogP contribution in [0.3, 0.4) is 0 Å². The number of para-hydroxylation sites is 1. The smallest absolute Gasteiger partial charge is 0.181 e. The van der Waals surface area contributed by atoms with E-state index >= 15 is 0 Å². The van der Waals surface area contributed by atoms with E-state index in [2.05, 4.69) is 38.7 Å². The number of fused-ring (bicyclic) bond motifs is 2. The second kappa shape index (κ2) is 7.71. The van der Waals surface area contributed by atoms with Crippen molar-refractivity contribution in [3.8, 4) is 11.3 Å². The molecule has 1 aromatic carbocycles. The standard InChI is InChI=1S/C23H22FN7/c1-30(2)21-14-28-31-22(10-20(29-23(21)31)16-9-17(24)13-25-11-16)26-8-7-15-12-27-19-6-4-3-5-18(15)19/h3-6,9-14,26-27H,7-8H2,1-2H3. The first-order valence-corrected chi connectivity index (χ1v) is 10.1. The topological polar surface area (TPSA) is 74.1 Å². The molecule has 156 valence electrons. The second-order valence-corrected chi connectivity index (χ2v) is 7.61. The summed E-state index contributed by atoms with van der Waals surface area (Å²) in [4.78, 5) is 14.0. The molecule has 0 unspecified atom stereocenters. The molecule has 5 rings (SSSR count). The minimum absolute atomic E-state index is 0.394. The lowest BCUT2D eigenvalue weighted by Gasteiger charge is -2.13. The summed E-state index contributed by atoms with van der Waals surface area (Å²) in [7, 11) is 3.89. The first-order valence-electron chi connectivity index (χ1n) is 10.1. The minimum atomic E-state index is -0.394. The van der Waals surface area contributed by atoms with Crippen molar-refractivity contribution in [3.63, 3.8) is 0 Å². The second-order valence-electron chi connectivity index (χ2n) is 7.61. The van der Waals surface area contributed by atoms with Crippen LogP contribution in [0.5, 0.6) is 0 Å². The third kappa shape index (κ3) is 3.56. The number of aromatic nitrogens is 5. The lowest BCUT2D eigenvalue weighted by atomic mass is 10.1. The molecule has 7 nitrogen and oxygen atoms in total. The summed E-state index contributed by atoms with van der Waals surface area (Å²) in [5.74, 6) is 0.395. The molecule has 8 heteroatoms. The number of aromatic amines is 1. The van der Waals surface area contributed by atoms with Crippen LogP contribution in [-0.2, 0) is 6.42 Å². The Kier molecular flexibility index (Phi) is 4.74. The number of H-pyrrole nitrogens is 1. The van der Waals surface area contributed by atoms with Gasteiger partial charge in [-0.25, -0.2) is 9.37 Å². The number of halogens is 1. The summed E-state index contributed by atoms with van der Waals surface area (Å²) < 4.78 is 15.5. The lowest BCUT2D eigenvalue weighted by Crippen LogP contribution is -2.12. The first-order chi connectivity index (χ1) is 15.1. The number of hydrogen-bond donors (Lipinski definition) is 2. The number of rotatable bonds is 6. The Bertz CT molecular complexity index is 1370. The monoisotopic (exact) mass is 415 g/mol. The highest BCUT2D eigenvalue weighted by Gasteiger charge is 2.14. The maximum absolute atomic E-state index is 13.8. The first kappa shape index (κ1) is 19.0. The van der Waals surface area contributed by atoms with Crippen molar-refractivity contribution in [2.75, 3.05) is 30.9 Å². The number of nitrogens with zero attached hydrogens (tertiary/aromatic N) is 5. The van der Waals surface area contributed by atoms with E-state index in [4.69, 9.17) is 4.98 Å². The van der Waals surface area contributed by atoms with Gasteiger partial charge in [0.2, 0.25) is 0 Å². The molecule has 2 N–H and O–H groups in total. The zero-order valence-corrected chi connectivity index (χ0v) is 17.3. The summed E-state index contributed by atoms with van der Waals surface area (Å²) in [6, 6.07) is 11.6. The Hall–Kier alpha value is -3.94. The molecule has 0 spiro atoms. The molecule has 0 amide bonds. The molecule has 5 aromatic rings. The van der Waals surface area contributed by atoms with Gasteiger partial charge < -0.3 is 15.2 Å². The Morgan fingerprint density at radius 1 is 1.13 bits per heavy atom. The molecule has 0 atom stereocenters. The Morgan fingerprint density at radius 2 is 2.00 bits per heavy atom.